The van der Waals surface area contributed by atoms with Gasteiger partial charge in [-0.2, -0.15) is 0 Å². The highest BCUT2D eigenvalue weighted by Crippen LogP contribution is 2.20. The molecule has 0 saturated carbocycles. The fraction of sp³-hybridized carbons (Fsp3) is 0.143. The smallest absolute Gasteiger partial charge is 0.115 e. The molecule has 0 aliphatic heterocycles. The van der Waals surface area contributed by atoms with E-state index in [1.165, 1.54) is 5.56 Å². The minimum Gasteiger partial charge on any atom is -0.508 e. The molecule has 3 heteroatoms. The Labute approximate surface area is 109 Å². The highest BCUT2D eigenvalue weighted by atomic mass is 79.9. The molecular weight excluding hydrogens is 278 g/mol. The van der Waals surface area contributed by atoms with Gasteiger partial charge in [0.25, 0.3) is 0 Å². The number of hydrogen-bond donors (Lipinski definition) is 2. The first kappa shape index (κ1) is 12.0. The average molecular weight is 292 g/mol. The van der Waals surface area contributed by atoms with E-state index < -0.39 is 0 Å². The number of aromatic hydroxyl groups is 1. The van der Waals surface area contributed by atoms with E-state index >= 15 is 0 Å². The van der Waals surface area contributed by atoms with Crippen LogP contribution in [0.25, 0.3) is 0 Å². The van der Waals surface area contributed by atoms with E-state index in [4.69, 9.17) is 0 Å². The van der Waals surface area contributed by atoms with Gasteiger partial charge in [-0.25, -0.2) is 0 Å². The third kappa shape index (κ3) is 3.24. The number of phenols is 1. The molecule has 0 spiro atoms. The van der Waals surface area contributed by atoms with Crippen LogP contribution < -0.4 is 5.32 Å². The maximum Gasteiger partial charge on any atom is 0.115 e. The number of benzene rings is 2. The number of anilines is 1. The molecule has 2 N–H and O–H groups in total. The summed E-state index contributed by atoms with van der Waals surface area (Å²) in [6.07, 6.45) is 0. The van der Waals surface area contributed by atoms with E-state index in [0.29, 0.717) is 5.75 Å². The minimum absolute atomic E-state index is 0.300. The van der Waals surface area contributed by atoms with Gasteiger partial charge >= 0.3 is 0 Å². The Morgan fingerprint density at radius 3 is 2.47 bits per heavy atom. The predicted octanol–water partition coefficient (Wildman–Crippen LogP) is 4.08. The summed E-state index contributed by atoms with van der Waals surface area (Å²) < 4.78 is 1.09. The molecule has 0 saturated heterocycles. The van der Waals surface area contributed by atoms with Crippen molar-refractivity contribution in [2.24, 2.45) is 0 Å². The second kappa shape index (κ2) is 5.23. The normalized spacial score (nSPS) is 10.2. The van der Waals surface area contributed by atoms with Gasteiger partial charge in [0.2, 0.25) is 0 Å². The van der Waals surface area contributed by atoms with Gasteiger partial charge in [-0.05, 0) is 48.4 Å². The summed E-state index contributed by atoms with van der Waals surface area (Å²) in [5, 5.41) is 12.6. The third-order valence-corrected chi connectivity index (χ3v) is 3.10. The highest BCUT2D eigenvalue weighted by Gasteiger charge is 1.99. The standard InChI is InChI=1S/C14H14BrNO/c1-10-8-12(15)4-7-14(10)16-9-11-2-5-13(17)6-3-11/h2-8,16-17H,9H2,1H3. The highest BCUT2D eigenvalue weighted by molar-refractivity contribution is 9.10. The Kier molecular flexibility index (Phi) is 3.69. The number of hydrogen-bond acceptors (Lipinski definition) is 2. The zero-order chi connectivity index (χ0) is 12.3. The van der Waals surface area contributed by atoms with Crippen LogP contribution in [0.5, 0.6) is 5.75 Å². The molecule has 0 heterocycles. The van der Waals surface area contributed by atoms with Gasteiger partial charge < -0.3 is 10.4 Å². The van der Waals surface area contributed by atoms with Crippen LogP contribution in [-0.4, -0.2) is 5.11 Å². The molecule has 0 aromatic heterocycles. The molecule has 2 aromatic carbocycles. The minimum atomic E-state index is 0.300. The van der Waals surface area contributed by atoms with E-state index in [9.17, 15) is 5.11 Å². The largest absolute Gasteiger partial charge is 0.508 e. The molecule has 0 radical (unpaired) electrons. The number of phenolic OH excluding ortho intramolecular Hbond substituents is 1. The number of aryl methyl sites for hydroxylation is 1. The van der Waals surface area contributed by atoms with Gasteiger partial charge in [0.1, 0.15) is 5.75 Å². The van der Waals surface area contributed by atoms with Crippen LogP contribution in [-0.2, 0) is 6.54 Å². The SMILES string of the molecule is Cc1cc(Br)ccc1NCc1ccc(O)cc1. The van der Waals surface area contributed by atoms with Gasteiger partial charge in [-0.3, -0.25) is 0 Å². The Hall–Kier alpha value is -1.48. The van der Waals surface area contributed by atoms with Crippen LogP contribution >= 0.6 is 15.9 Å². The summed E-state index contributed by atoms with van der Waals surface area (Å²) in [7, 11) is 0. The third-order valence-electron chi connectivity index (χ3n) is 2.61. The van der Waals surface area contributed by atoms with Crippen molar-refractivity contribution in [3.05, 3.63) is 58.1 Å². The predicted molar refractivity (Wildman–Crippen MR) is 74.3 cm³/mol. The van der Waals surface area contributed by atoms with Gasteiger partial charge in [0.05, 0.1) is 0 Å². The first-order valence-electron chi connectivity index (χ1n) is 5.43. The van der Waals surface area contributed by atoms with Crippen LogP contribution in [0.3, 0.4) is 0 Å². The zero-order valence-electron chi connectivity index (χ0n) is 9.57. The first-order chi connectivity index (χ1) is 8.15. The lowest BCUT2D eigenvalue weighted by Crippen LogP contribution is -2.00. The molecular formula is C14H14BrNO. The Morgan fingerprint density at radius 1 is 1.12 bits per heavy atom. The number of nitrogens with one attached hydrogen (secondary N) is 1. The van der Waals surface area contributed by atoms with Crippen LogP contribution in [0.4, 0.5) is 5.69 Å². The lowest BCUT2D eigenvalue weighted by molar-refractivity contribution is 0.475. The summed E-state index contributed by atoms with van der Waals surface area (Å²) in [4.78, 5) is 0. The lowest BCUT2D eigenvalue weighted by atomic mass is 10.2. The Bertz CT molecular complexity index is 508. The van der Waals surface area contributed by atoms with Crippen molar-refractivity contribution in [2.75, 3.05) is 5.32 Å². The quantitative estimate of drug-likeness (QED) is 0.893. The van der Waals surface area contributed by atoms with Gasteiger partial charge in [0, 0.05) is 16.7 Å². The van der Waals surface area contributed by atoms with Crippen molar-refractivity contribution in [2.45, 2.75) is 13.5 Å². The Balaban J connectivity index is 2.04. The fourth-order valence-corrected chi connectivity index (χ4v) is 2.11. The van der Waals surface area contributed by atoms with Crippen molar-refractivity contribution in [1.29, 1.82) is 0 Å². The number of rotatable bonds is 3. The van der Waals surface area contributed by atoms with Crippen LogP contribution in [0.1, 0.15) is 11.1 Å². The molecule has 0 amide bonds. The molecule has 2 rings (SSSR count). The van der Waals surface area contributed by atoms with Gasteiger partial charge in [-0.15, -0.1) is 0 Å². The first-order valence-corrected chi connectivity index (χ1v) is 6.22. The second-order valence-electron chi connectivity index (χ2n) is 3.98. The van der Waals surface area contributed by atoms with Crippen molar-refractivity contribution in [1.82, 2.24) is 0 Å². The molecule has 2 aromatic rings. The summed E-state index contributed by atoms with van der Waals surface area (Å²) >= 11 is 3.44. The van der Waals surface area contributed by atoms with E-state index in [1.807, 2.05) is 18.2 Å². The van der Waals surface area contributed by atoms with E-state index in [2.05, 4.69) is 40.3 Å². The average Bonchev–Trinajstić information content (AvgIpc) is 2.30. The van der Waals surface area contributed by atoms with Crippen molar-refractivity contribution >= 4 is 21.6 Å². The molecule has 0 aliphatic rings. The van der Waals surface area contributed by atoms with E-state index in [1.54, 1.807) is 12.1 Å². The molecule has 0 atom stereocenters. The van der Waals surface area contributed by atoms with Crippen molar-refractivity contribution < 1.29 is 5.11 Å². The summed E-state index contributed by atoms with van der Waals surface area (Å²) in [6, 6.07) is 13.4. The molecule has 0 aliphatic carbocycles. The van der Waals surface area contributed by atoms with Crippen LogP contribution in [0.15, 0.2) is 46.9 Å². The number of halogens is 1. The van der Waals surface area contributed by atoms with E-state index in [0.717, 1.165) is 22.3 Å². The zero-order valence-corrected chi connectivity index (χ0v) is 11.2. The second-order valence-corrected chi connectivity index (χ2v) is 4.89. The summed E-state index contributed by atoms with van der Waals surface area (Å²) in [5.41, 5.74) is 3.48. The Morgan fingerprint density at radius 2 is 1.82 bits per heavy atom. The lowest BCUT2D eigenvalue weighted by Gasteiger charge is -2.10. The molecule has 17 heavy (non-hydrogen) atoms. The monoisotopic (exact) mass is 291 g/mol. The van der Waals surface area contributed by atoms with Crippen LogP contribution in [0, 0.1) is 6.92 Å². The topological polar surface area (TPSA) is 32.3 Å². The molecule has 0 fully saturated rings. The molecule has 2 nitrogen and oxygen atoms in total. The summed E-state index contributed by atoms with van der Waals surface area (Å²) in [5.74, 6) is 0.300. The van der Waals surface area contributed by atoms with Gasteiger partial charge in [-0.1, -0.05) is 28.1 Å². The molecule has 88 valence electrons. The molecule has 0 unspecified atom stereocenters. The maximum absolute atomic E-state index is 9.19. The van der Waals surface area contributed by atoms with Crippen molar-refractivity contribution in [3.63, 3.8) is 0 Å². The van der Waals surface area contributed by atoms with Gasteiger partial charge in [0.15, 0.2) is 0 Å². The van der Waals surface area contributed by atoms with E-state index in [-0.39, 0.29) is 0 Å². The maximum atomic E-state index is 9.19. The van der Waals surface area contributed by atoms with Crippen molar-refractivity contribution in [3.8, 4) is 5.75 Å². The fourth-order valence-electron chi connectivity index (χ4n) is 1.64. The van der Waals surface area contributed by atoms with Crippen LogP contribution in [0.2, 0.25) is 0 Å². The molecule has 0 bridgehead atoms. The summed E-state index contributed by atoms with van der Waals surface area (Å²) in [6.45, 7) is 2.83.